The molecule has 20 heavy (non-hydrogen) atoms. The average molecular weight is 267 g/mol. The average Bonchev–Trinajstić information content (AvgIpc) is 2.85. The fourth-order valence-corrected chi connectivity index (χ4v) is 2.19. The number of para-hydroxylation sites is 1. The summed E-state index contributed by atoms with van der Waals surface area (Å²) in [5.74, 6) is 0.692. The Labute approximate surface area is 117 Å². The summed E-state index contributed by atoms with van der Waals surface area (Å²) in [5, 5.41) is 5.54. The summed E-state index contributed by atoms with van der Waals surface area (Å²) in [5.41, 5.74) is 8.59. The van der Waals surface area contributed by atoms with Crippen LogP contribution in [-0.4, -0.2) is 15.9 Å². The summed E-state index contributed by atoms with van der Waals surface area (Å²) in [6.45, 7) is 3.96. The van der Waals surface area contributed by atoms with Crippen LogP contribution in [0.25, 0.3) is 16.6 Å². The molecule has 2 aromatic carbocycles. The Hall–Kier alpha value is -2.49. The van der Waals surface area contributed by atoms with Gasteiger partial charge >= 0.3 is 0 Å². The van der Waals surface area contributed by atoms with Gasteiger partial charge in [0.1, 0.15) is 5.75 Å². The Balaban J connectivity index is 2.10. The Morgan fingerprint density at radius 2 is 1.95 bits per heavy atom. The molecule has 0 saturated heterocycles. The van der Waals surface area contributed by atoms with Crippen molar-refractivity contribution in [3.63, 3.8) is 0 Å². The predicted octanol–water partition coefficient (Wildman–Crippen LogP) is 3.39. The maximum atomic E-state index is 5.95. The van der Waals surface area contributed by atoms with Crippen LogP contribution in [-0.2, 0) is 0 Å². The van der Waals surface area contributed by atoms with Gasteiger partial charge < -0.3 is 10.5 Å². The van der Waals surface area contributed by atoms with Gasteiger partial charge in [-0.3, -0.25) is 0 Å². The van der Waals surface area contributed by atoms with Gasteiger partial charge in [-0.05, 0) is 32.0 Å². The number of nitrogens with two attached hydrogens (primary N) is 1. The van der Waals surface area contributed by atoms with E-state index >= 15 is 0 Å². The first-order chi connectivity index (χ1) is 9.65. The highest BCUT2D eigenvalue weighted by molar-refractivity contribution is 5.80. The van der Waals surface area contributed by atoms with Crippen molar-refractivity contribution in [2.75, 3.05) is 5.73 Å². The SMILES string of the molecule is CC(C)Oc1cc(-n2ncc3ccccc32)ccc1N. The van der Waals surface area contributed by atoms with E-state index in [1.807, 2.05) is 67.2 Å². The smallest absolute Gasteiger partial charge is 0.144 e. The van der Waals surface area contributed by atoms with Gasteiger partial charge in [-0.1, -0.05) is 18.2 Å². The molecule has 0 bridgehead atoms. The van der Waals surface area contributed by atoms with Crippen LogP contribution in [0.4, 0.5) is 5.69 Å². The summed E-state index contributed by atoms with van der Waals surface area (Å²) in [6, 6.07) is 13.8. The zero-order valence-corrected chi connectivity index (χ0v) is 11.6. The first-order valence-corrected chi connectivity index (χ1v) is 6.64. The van der Waals surface area contributed by atoms with E-state index in [0.717, 1.165) is 16.6 Å². The minimum absolute atomic E-state index is 0.0851. The van der Waals surface area contributed by atoms with Crippen molar-refractivity contribution < 1.29 is 4.74 Å². The van der Waals surface area contributed by atoms with Gasteiger partial charge in [-0.25, -0.2) is 4.68 Å². The van der Waals surface area contributed by atoms with E-state index in [1.165, 1.54) is 0 Å². The topological polar surface area (TPSA) is 53.1 Å². The number of hydrogen-bond acceptors (Lipinski definition) is 3. The lowest BCUT2D eigenvalue weighted by atomic mass is 10.2. The summed E-state index contributed by atoms with van der Waals surface area (Å²) in [4.78, 5) is 0. The van der Waals surface area contributed by atoms with E-state index in [-0.39, 0.29) is 6.10 Å². The van der Waals surface area contributed by atoms with Gasteiger partial charge in [0, 0.05) is 11.5 Å². The quantitative estimate of drug-likeness (QED) is 0.740. The number of nitrogens with zero attached hydrogens (tertiary/aromatic N) is 2. The van der Waals surface area contributed by atoms with Crippen LogP contribution in [0, 0.1) is 0 Å². The molecular weight excluding hydrogens is 250 g/mol. The second-order valence-corrected chi connectivity index (χ2v) is 5.00. The van der Waals surface area contributed by atoms with Gasteiger partial charge in [0.2, 0.25) is 0 Å². The van der Waals surface area contributed by atoms with Crippen molar-refractivity contribution in [2.24, 2.45) is 0 Å². The normalized spacial score (nSPS) is 11.2. The largest absolute Gasteiger partial charge is 0.489 e. The molecule has 0 fully saturated rings. The number of rotatable bonds is 3. The monoisotopic (exact) mass is 267 g/mol. The predicted molar refractivity (Wildman–Crippen MR) is 81.2 cm³/mol. The molecule has 1 heterocycles. The molecule has 0 aliphatic carbocycles. The van der Waals surface area contributed by atoms with Crippen LogP contribution >= 0.6 is 0 Å². The van der Waals surface area contributed by atoms with Crippen LogP contribution in [0.15, 0.2) is 48.7 Å². The number of aromatic nitrogens is 2. The Bertz CT molecular complexity index is 746. The molecule has 0 amide bonds. The third-order valence-electron chi connectivity index (χ3n) is 3.08. The van der Waals surface area contributed by atoms with Crippen molar-refractivity contribution >= 4 is 16.6 Å². The van der Waals surface area contributed by atoms with E-state index in [2.05, 4.69) is 5.10 Å². The molecule has 3 aromatic rings. The highest BCUT2D eigenvalue weighted by Crippen LogP contribution is 2.27. The van der Waals surface area contributed by atoms with Gasteiger partial charge in [-0.2, -0.15) is 5.10 Å². The molecular formula is C16H17N3O. The van der Waals surface area contributed by atoms with Crippen molar-refractivity contribution in [3.8, 4) is 11.4 Å². The van der Waals surface area contributed by atoms with E-state index in [9.17, 15) is 0 Å². The molecule has 2 N–H and O–H groups in total. The fraction of sp³-hybridized carbons (Fsp3) is 0.188. The van der Waals surface area contributed by atoms with E-state index in [0.29, 0.717) is 11.4 Å². The van der Waals surface area contributed by atoms with Crippen molar-refractivity contribution in [3.05, 3.63) is 48.7 Å². The molecule has 0 aliphatic heterocycles. The number of fused-ring (bicyclic) bond motifs is 1. The second kappa shape index (κ2) is 4.89. The van der Waals surface area contributed by atoms with Gasteiger partial charge in [0.05, 0.1) is 29.2 Å². The van der Waals surface area contributed by atoms with E-state index < -0.39 is 0 Å². The zero-order valence-electron chi connectivity index (χ0n) is 11.6. The van der Waals surface area contributed by atoms with Crippen LogP contribution in [0.2, 0.25) is 0 Å². The number of hydrogen-bond donors (Lipinski definition) is 1. The summed E-state index contributed by atoms with van der Waals surface area (Å²) >= 11 is 0. The Morgan fingerprint density at radius 1 is 1.15 bits per heavy atom. The van der Waals surface area contributed by atoms with Gasteiger partial charge in [0.15, 0.2) is 0 Å². The number of nitrogen functional groups attached to an aromatic ring is 1. The molecule has 4 heteroatoms. The molecule has 0 unspecified atom stereocenters. The van der Waals surface area contributed by atoms with Crippen molar-refractivity contribution in [1.29, 1.82) is 0 Å². The molecule has 0 radical (unpaired) electrons. The lowest BCUT2D eigenvalue weighted by Gasteiger charge is -2.13. The number of ether oxygens (including phenoxy) is 1. The Morgan fingerprint density at radius 3 is 2.75 bits per heavy atom. The molecule has 0 atom stereocenters. The summed E-state index contributed by atoms with van der Waals surface area (Å²) in [6.07, 6.45) is 1.94. The lowest BCUT2D eigenvalue weighted by Crippen LogP contribution is -2.08. The standard InChI is InChI=1S/C16H17N3O/c1-11(2)20-16-9-13(7-8-14(16)17)19-15-6-4-3-5-12(15)10-18-19/h3-11H,17H2,1-2H3. The third-order valence-corrected chi connectivity index (χ3v) is 3.08. The van der Waals surface area contributed by atoms with Gasteiger partial charge in [-0.15, -0.1) is 0 Å². The van der Waals surface area contributed by atoms with Crippen LogP contribution in [0.1, 0.15) is 13.8 Å². The van der Waals surface area contributed by atoms with E-state index in [1.54, 1.807) is 0 Å². The lowest BCUT2D eigenvalue weighted by molar-refractivity contribution is 0.244. The molecule has 3 rings (SSSR count). The fourth-order valence-electron chi connectivity index (χ4n) is 2.19. The van der Waals surface area contributed by atoms with Gasteiger partial charge in [0.25, 0.3) is 0 Å². The maximum absolute atomic E-state index is 5.95. The Kier molecular flexibility index (Phi) is 3.06. The summed E-state index contributed by atoms with van der Waals surface area (Å²) in [7, 11) is 0. The molecule has 4 nitrogen and oxygen atoms in total. The third kappa shape index (κ3) is 2.20. The molecule has 1 aromatic heterocycles. The minimum Gasteiger partial charge on any atom is -0.489 e. The van der Waals surface area contributed by atoms with Crippen molar-refractivity contribution in [2.45, 2.75) is 20.0 Å². The zero-order chi connectivity index (χ0) is 14.1. The van der Waals surface area contributed by atoms with Crippen molar-refractivity contribution in [1.82, 2.24) is 9.78 Å². The second-order valence-electron chi connectivity index (χ2n) is 5.00. The minimum atomic E-state index is 0.0851. The number of anilines is 1. The van der Waals surface area contributed by atoms with Crippen LogP contribution < -0.4 is 10.5 Å². The first kappa shape index (κ1) is 12.5. The van der Waals surface area contributed by atoms with E-state index in [4.69, 9.17) is 10.5 Å². The van der Waals surface area contributed by atoms with Crippen LogP contribution in [0.5, 0.6) is 5.75 Å². The molecule has 0 saturated carbocycles. The molecule has 0 spiro atoms. The molecule has 102 valence electrons. The summed E-state index contributed by atoms with van der Waals surface area (Å²) < 4.78 is 7.62. The molecule has 0 aliphatic rings. The highest BCUT2D eigenvalue weighted by atomic mass is 16.5. The first-order valence-electron chi connectivity index (χ1n) is 6.64. The van der Waals surface area contributed by atoms with Crippen LogP contribution in [0.3, 0.4) is 0 Å². The highest BCUT2D eigenvalue weighted by Gasteiger charge is 2.08. The maximum Gasteiger partial charge on any atom is 0.144 e. The number of benzene rings is 2.